The molecule has 1 N–H and O–H groups in total. The van der Waals surface area contributed by atoms with Crippen molar-refractivity contribution in [1.82, 2.24) is 19.7 Å². The quantitative estimate of drug-likeness (QED) is 0.181. The SMILES string of the molecule is CCOC(=O)c1c(NC(=O)CSc2nnc(-c3ccncc3)n2Cc2ccco2)sc(C(C)=O)c1C. The molecule has 0 aromatic carbocycles. The molecule has 1 amide bonds. The van der Waals surface area contributed by atoms with Gasteiger partial charge in [0, 0.05) is 18.0 Å². The average molecular weight is 526 g/mol. The highest BCUT2D eigenvalue weighted by Crippen LogP contribution is 2.34. The minimum absolute atomic E-state index is 0.00124. The number of carbonyl (C=O) groups excluding carboxylic acids is 3. The largest absolute Gasteiger partial charge is 0.467 e. The first-order valence-corrected chi connectivity index (χ1v) is 12.8. The number of furan rings is 1. The molecule has 36 heavy (non-hydrogen) atoms. The molecular weight excluding hydrogens is 502 g/mol. The fourth-order valence-corrected chi connectivity index (χ4v) is 5.33. The predicted molar refractivity (Wildman–Crippen MR) is 135 cm³/mol. The van der Waals surface area contributed by atoms with Crippen molar-refractivity contribution in [2.75, 3.05) is 17.7 Å². The number of thiophene rings is 1. The Labute approximate surface area is 215 Å². The lowest BCUT2D eigenvalue weighted by molar-refractivity contribution is -0.113. The number of hydrogen-bond donors (Lipinski definition) is 1. The Kier molecular flexibility index (Phi) is 7.96. The van der Waals surface area contributed by atoms with E-state index in [0.717, 1.165) is 16.9 Å². The zero-order valence-corrected chi connectivity index (χ0v) is 21.4. The van der Waals surface area contributed by atoms with Crippen molar-refractivity contribution in [3.05, 3.63) is 64.7 Å². The molecule has 0 spiro atoms. The molecule has 0 saturated carbocycles. The lowest BCUT2D eigenvalue weighted by Crippen LogP contribution is -2.17. The molecule has 4 heterocycles. The number of pyridine rings is 1. The van der Waals surface area contributed by atoms with Crippen LogP contribution in [0.2, 0.25) is 0 Å². The van der Waals surface area contributed by atoms with Gasteiger partial charge in [-0.05, 0) is 50.6 Å². The molecular formula is C24H23N5O5S2. The molecule has 12 heteroatoms. The monoisotopic (exact) mass is 525 g/mol. The summed E-state index contributed by atoms with van der Waals surface area (Å²) in [6.07, 6.45) is 4.92. The molecule has 4 aromatic rings. The summed E-state index contributed by atoms with van der Waals surface area (Å²) in [5, 5.41) is 12.2. The maximum atomic E-state index is 12.9. The molecule has 0 atom stereocenters. The Balaban J connectivity index is 1.54. The summed E-state index contributed by atoms with van der Waals surface area (Å²) in [6.45, 7) is 5.33. The second-order valence-electron chi connectivity index (χ2n) is 7.58. The average Bonchev–Trinajstić information content (AvgIpc) is 3.58. The van der Waals surface area contributed by atoms with E-state index in [1.807, 2.05) is 22.8 Å². The predicted octanol–water partition coefficient (Wildman–Crippen LogP) is 4.46. The van der Waals surface area contributed by atoms with E-state index in [1.54, 1.807) is 38.6 Å². The number of rotatable bonds is 10. The van der Waals surface area contributed by atoms with E-state index in [2.05, 4.69) is 20.5 Å². The van der Waals surface area contributed by atoms with E-state index in [9.17, 15) is 14.4 Å². The first-order valence-electron chi connectivity index (χ1n) is 11.0. The molecule has 4 aromatic heterocycles. The third-order valence-electron chi connectivity index (χ3n) is 5.08. The summed E-state index contributed by atoms with van der Waals surface area (Å²) in [5.41, 5.74) is 1.52. The second-order valence-corrected chi connectivity index (χ2v) is 9.54. The van der Waals surface area contributed by atoms with E-state index in [1.165, 1.54) is 18.7 Å². The number of nitrogens with zero attached hydrogens (tertiary/aromatic N) is 4. The molecule has 0 bridgehead atoms. The third-order valence-corrected chi connectivity index (χ3v) is 7.36. The standard InChI is InChI=1S/C24H23N5O5S2/c1-4-33-23(32)19-14(2)20(15(3)30)36-22(19)26-18(31)13-35-24-28-27-21(16-7-9-25-10-8-16)29(24)12-17-6-5-11-34-17/h5-11H,4,12-13H2,1-3H3,(H,26,31). The van der Waals surface area contributed by atoms with E-state index < -0.39 is 5.97 Å². The van der Waals surface area contributed by atoms with Crippen molar-refractivity contribution >= 4 is 45.8 Å². The number of aromatic nitrogens is 4. The number of thioether (sulfide) groups is 1. The maximum Gasteiger partial charge on any atom is 0.341 e. The van der Waals surface area contributed by atoms with Gasteiger partial charge < -0.3 is 14.5 Å². The number of anilines is 1. The van der Waals surface area contributed by atoms with E-state index in [-0.39, 0.29) is 34.6 Å². The summed E-state index contributed by atoms with van der Waals surface area (Å²) in [7, 11) is 0. The van der Waals surface area contributed by atoms with Crippen LogP contribution in [0.1, 0.15) is 45.2 Å². The van der Waals surface area contributed by atoms with Gasteiger partial charge in [-0.15, -0.1) is 21.5 Å². The normalized spacial score (nSPS) is 10.9. The fraction of sp³-hybridized carbons (Fsp3) is 0.250. The van der Waals surface area contributed by atoms with Crippen LogP contribution in [0.5, 0.6) is 0 Å². The fourth-order valence-electron chi connectivity index (χ4n) is 3.49. The highest BCUT2D eigenvalue weighted by Gasteiger charge is 2.25. The van der Waals surface area contributed by atoms with Gasteiger partial charge in [-0.2, -0.15) is 0 Å². The van der Waals surface area contributed by atoms with Gasteiger partial charge >= 0.3 is 5.97 Å². The Morgan fingerprint density at radius 3 is 2.64 bits per heavy atom. The second kappa shape index (κ2) is 11.3. The first-order chi connectivity index (χ1) is 17.4. The number of amides is 1. The Bertz CT molecular complexity index is 1380. The van der Waals surface area contributed by atoms with Crippen LogP contribution in [0.4, 0.5) is 5.00 Å². The number of ether oxygens (including phenoxy) is 1. The first kappa shape index (κ1) is 25.3. The molecule has 0 aliphatic carbocycles. The van der Waals surface area contributed by atoms with Gasteiger partial charge in [0.2, 0.25) is 5.91 Å². The van der Waals surface area contributed by atoms with Crippen LogP contribution < -0.4 is 5.32 Å². The van der Waals surface area contributed by atoms with Gasteiger partial charge in [0.05, 0.1) is 35.6 Å². The van der Waals surface area contributed by atoms with Gasteiger partial charge in [0.15, 0.2) is 16.8 Å². The molecule has 0 radical (unpaired) electrons. The van der Waals surface area contributed by atoms with Crippen molar-refractivity contribution in [1.29, 1.82) is 0 Å². The van der Waals surface area contributed by atoms with Crippen LogP contribution in [0, 0.1) is 6.92 Å². The number of ketones is 1. The molecule has 4 rings (SSSR count). The molecule has 186 valence electrons. The summed E-state index contributed by atoms with van der Waals surface area (Å²) in [4.78, 5) is 41.8. The van der Waals surface area contributed by atoms with Gasteiger partial charge in [-0.25, -0.2) is 4.79 Å². The molecule has 0 saturated heterocycles. The van der Waals surface area contributed by atoms with E-state index >= 15 is 0 Å². The van der Waals surface area contributed by atoms with Crippen LogP contribution >= 0.6 is 23.1 Å². The third kappa shape index (κ3) is 5.55. The van der Waals surface area contributed by atoms with Crippen LogP contribution in [0.3, 0.4) is 0 Å². The molecule has 0 aliphatic rings. The van der Waals surface area contributed by atoms with Crippen molar-refractivity contribution < 1.29 is 23.5 Å². The molecule has 10 nitrogen and oxygen atoms in total. The maximum absolute atomic E-state index is 12.9. The van der Waals surface area contributed by atoms with Crippen LogP contribution in [-0.4, -0.2) is 49.8 Å². The van der Waals surface area contributed by atoms with Crippen molar-refractivity contribution in [2.45, 2.75) is 32.5 Å². The Morgan fingerprint density at radius 1 is 1.19 bits per heavy atom. The van der Waals surface area contributed by atoms with Gasteiger partial charge in [-0.1, -0.05) is 11.8 Å². The zero-order valence-electron chi connectivity index (χ0n) is 19.8. The summed E-state index contributed by atoms with van der Waals surface area (Å²) >= 11 is 2.26. The van der Waals surface area contributed by atoms with Crippen LogP contribution in [-0.2, 0) is 16.1 Å². The molecule has 0 aliphatic heterocycles. The van der Waals surface area contributed by atoms with Gasteiger partial charge in [0.1, 0.15) is 10.8 Å². The summed E-state index contributed by atoms with van der Waals surface area (Å²) < 4.78 is 12.5. The van der Waals surface area contributed by atoms with Gasteiger partial charge in [0.25, 0.3) is 0 Å². The Morgan fingerprint density at radius 2 is 1.97 bits per heavy atom. The number of carbonyl (C=O) groups is 3. The molecule has 0 unspecified atom stereocenters. The zero-order chi connectivity index (χ0) is 25.7. The number of hydrogen-bond acceptors (Lipinski definition) is 10. The van der Waals surface area contributed by atoms with Crippen molar-refractivity contribution in [2.24, 2.45) is 0 Å². The van der Waals surface area contributed by atoms with Gasteiger partial charge in [-0.3, -0.25) is 19.1 Å². The number of Topliss-reactive ketones (excluding diaryl/α,β-unsaturated/α-hetero) is 1. The summed E-state index contributed by atoms with van der Waals surface area (Å²) in [6, 6.07) is 7.30. The van der Waals surface area contributed by atoms with E-state index in [4.69, 9.17) is 9.15 Å². The van der Waals surface area contributed by atoms with E-state index in [0.29, 0.717) is 33.7 Å². The lowest BCUT2D eigenvalue weighted by atomic mass is 10.1. The minimum atomic E-state index is -0.582. The number of nitrogens with one attached hydrogen (secondary N) is 1. The molecule has 0 fully saturated rings. The number of esters is 1. The topological polar surface area (TPSA) is 129 Å². The van der Waals surface area contributed by atoms with Crippen molar-refractivity contribution in [3.8, 4) is 11.4 Å². The highest BCUT2D eigenvalue weighted by atomic mass is 32.2. The minimum Gasteiger partial charge on any atom is -0.467 e. The lowest BCUT2D eigenvalue weighted by Gasteiger charge is -2.09. The summed E-state index contributed by atoms with van der Waals surface area (Å²) in [5.74, 6) is 0.193. The Hall–Kier alpha value is -3.77. The smallest absolute Gasteiger partial charge is 0.341 e. The van der Waals surface area contributed by atoms with Crippen LogP contribution in [0.15, 0.2) is 52.5 Å². The van der Waals surface area contributed by atoms with Crippen molar-refractivity contribution in [3.63, 3.8) is 0 Å². The highest BCUT2D eigenvalue weighted by molar-refractivity contribution is 7.99. The van der Waals surface area contributed by atoms with Crippen LogP contribution in [0.25, 0.3) is 11.4 Å².